The molecule has 0 unspecified atom stereocenters. The molecule has 0 aliphatic heterocycles. The van der Waals surface area contributed by atoms with Crippen molar-refractivity contribution in [1.29, 1.82) is 0 Å². The molecule has 0 nitrogen and oxygen atoms in total. The summed E-state index contributed by atoms with van der Waals surface area (Å²) in [5, 5.41) is 0. The van der Waals surface area contributed by atoms with Gasteiger partial charge in [0.25, 0.3) is 0 Å². The molecule has 0 heterocycles. The molecule has 0 atom stereocenters. The van der Waals surface area contributed by atoms with Crippen LogP contribution in [-0.2, 0) is 0 Å². The Morgan fingerprint density at radius 2 is 1.82 bits per heavy atom. The van der Waals surface area contributed by atoms with Gasteiger partial charge in [0, 0.05) is 0 Å². The average molecular weight is 150 g/mol. The molecule has 0 saturated carbocycles. The van der Waals surface area contributed by atoms with Crippen LogP contribution in [0.1, 0.15) is 20.3 Å². The van der Waals surface area contributed by atoms with Crippen molar-refractivity contribution >= 4 is 0 Å². The van der Waals surface area contributed by atoms with E-state index in [9.17, 15) is 0 Å². The summed E-state index contributed by atoms with van der Waals surface area (Å²) in [5.41, 5.74) is 1.02. The third-order valence-corrected chi connectivity index (χ3v) is 0.856. The molecule has 0 bridgehead atoms. The van der Waals surface area contributed by atoms with E-state index in [2.05, 4.69) is 32.7 Å². The summed E-state index contributed by atoms with van der Waals surface area (Å²) in [6.07, 6.45) is 8.61. The highest BCUT2D eigenvalue weighted by Gasteiger charge is 1.59. The van der Waals surface area contributed by atoms with Crippen LogP contribution < -0.4 is 0 Å². The number of hydrogen-bond donors (Lipinski definition) is 0. The molecule has 0 radical (unpaired) electrons. The zero-order valence-corrected chi connectivity index (χ0v) is 7.64. The van der Waals surface area contributed by atoms with Crippen LogP contribution in [0.2, 0.25) is 0 Å². The van der Waals surface area contributed by atoms with Gasteiger partial charge in [-0.3, -0.25) is 0 Å². The summed E-state index contributed by atoms with van der Waals surface area (Å²) in [5.74, 6) is 0. The van der Waals surface area contributed by atoms with E-state index in [1.807, 2.05) is 13.0 Å². The Labute approximate surface area is 70.6 Å². The molecule has 0 aliphatic rings. The summed E-state index contributed by atoms with van der Waals surface area (Å²) >= 11 is 0. The Morgan fingerprint density at radius 3 is 1.91 bits per heavy atom. The highest BCUT2D eigenvalue weighted by Crippen LogP contribution is 1.81. The van der Waals surface area contributed by atoms with Crippen molar-refractivity contribution in [1.82, 2.24) is 0 Å². The van der Waals surface area contributed by atoms with E-state index in [1.54, 1.807) is 12.2 Å². The van der Waals surface area contributed by atoms with E-state index in [0.29, 0.717) is 0 Å². The van der Waals surface area contributed by atoms with Gasteiger partial charge in [0.05, 0.1) is 0 Å². The van der Waals surface area contributed by atoms with Crippen molar-refractivity contribution in [2.24, 2.45) is 0 Å². The number of hydrogen-bond acceptors (Lipinski definition) is 0. The SMILES string of the molecule is C=CC(=C)C.C=CC=CCC. The maximum absolute atomic E-state index is 3.56. The average Bonchev–Trinajstić information content (AvgIpc) is 2.02. The fourth-order valence-electron chi connectivity index (χ4n) is 0.232. The monoisotopic (exact) mass is 150 g/mol. The minimum absolute atomic E-state index is 1.02. The van der Waals surface area contributed by atoms with Crippen molar-refractivity contribution in [2.45, 2.75) is 20.3 Å². The molecule has 0 amide bonds. The van der Waals surface area contributed by atoms with E-state index < -0.39 is 0 Å². The molecule has 0 aromatic rings. The van der Waals surface area contributed by atoms with Gasteiger partial charge in [-0.05, 0) is 13.3 Å². The zero-order chi connectivity index (χ0) is 9.11. The lowest BCUT2D eigenvalue weighted by Gasteiger charge is -1.71. The molecule has 0 fully saturated rings. The Hall–Kier alpha value is -1.04. The first-order valence-electron chi connectivity index (χ1n) is 3.74. The van der Waals surface area contributed by atoms with Crippen LogP contribution in [0.5, 0.6) is 0 Å². The largest absolute Gasteiger partial charge is 0.0991 e. The summed E-state index contributed by atoms with van der Waals surface area (Å²) in [6, 6.07) is 0. The maximum Gasteiger partial charge on any atom is -0.0376 e. The fraction of sp³-hybridized carbons (Fsp3) is 0.273. The van der Waals surface area contributed by atoms with Crippen molar-refractivity contribution in [3.63, 3.8) is 0 Å². The van der Waals surface area contributed by atoms with E-state index >= 15 is 0 Å². The van der Waals surface area contributed by atoms with Gasteiger partial charge in [0.15, 0.2) is 0 Å². The van der Waals surface area contributed by atoms with Gasteiger partial charge < -0.3 is 0 Å². The Balaban J connectivity index is 0. The molecule has 11 heavy (non-hydrogen) atoms. The van der Waals surface area contributed by atoms with Crippen LogP contribution in [0.15, 0.2) is 49.6 Å². The van der Waals surface area contributed by atoms with Crippen LogP contribution in [0, 0.1) is 0 Å². The molecule has 0 rings (SSSR count). The first-order chi connectivity index (χ1) is 5.18. The lowest BCUT2D eigenvalue weighted by Crippen LogP contribution is -1.50. The Bertz CT molecular complexity index is 138. The van der Waals surface area contributed by atoms with Gasteiger partial charge in [-0.15, -0.1) is 0 Å². The lowest BCUT2D eigenvalue weighted by atomic mass is 10.4. The molecule has 62 valence electrons. The molecular formula is C11H18. The van der Waals surface area contributed by atoms with Crippen molar-refractivity contribution < 1.29 is 0 Å². The molecular weight excluding hydrogens is 132 g/mol. The predicted octanol–water partition coefficient (Wildman–Crippen LogP) is 3.89. The number of rotatable bonds is 3. The van der Waals surface area contributed by atoms with Gasteiger partial charge in [-0.25, -0.2) is 0 Å². The van der Waals surface area contributed by atoms with E-state index in [1.165, 1.54) is 0 Å². The highest BCUT2D eigenvalue weighted by molar-refractivity contribution is 5.05. The fourth-order valence-corrected chi connectivity index (χ4v) is 0.232. The standard InChI is InChI=1S/C6H10.C5H8/c1-3-5-6-4-2;1-4-5(2)3/h3,5-6H,1,4H2,2H3;4H,1-2H2,3H3. The topological polar surface area (TPSA) is 0 Å². The second-order valence-electron chi connectivity index (χ2n) is 2.12. The summed E-state index contributed by atoms with van der Waals surface area (Å²) < 4.78 is 0. The third-order valence-electron chi connectivity index (χ3n) is 0.856. The quantitative estimate of drug-likeness (QED) is 0.535. The molecule has 0 spiro atoms. The van der Waals surface area contributed by atoms with Crippen LogP contribution in [0.25, 0.3) is 0 Å². The van der Waals surface area contributed by atoms with Crippen LogP contribution in [0.4, 0.5) is 0 Å². The van der Waals surface area contributed by atoms with Gasteiger partial charge >= 0.3 is 0 Å². The smallest absolute Gasteiger partial charge is 0.0376 e. The summed E-state index contributed by atoms with van der Waals surface area (Å²) in [7, 11) is 0. The molecule has 0 aromatic heterocycles. The summed E-state index contributed by atoms with van der Waals surface area (Å²) in [6.45, 7) is 14.5. The normalized spacial score (nSPS) is 8.18. The van der Waals surface area contributed by atoms with Gasteiger partial charge in [-0.1, -0.05) is 56.5 Å². The molecule has 0 aromatic carbocycles. The van der Waals surface area contributed by atoms with Gasteiger partial charge in [0.2, 0.25) is 0 Å². The van der Waals surface area contributed by atoms with E-state index in [0.717, 1.165) is 12.0 Å². The molecule has 0 heteroatoms. The minimum atomic E-state index is 1.02. The van der Waals surface area contributed by atoms with E-state index in [4.69, 9.17) is 0 Å². The Kier molecular flexibility index (Phi) is 13.4. The van der Waals surface area contributed by atoms with Gasteiger partial charge in [0.1, 0.15) is 0 Å². The maximum atomic E-state index is 3.56. The van der Waals surface area contributed by atoms with Crippen molar-refractivity contribution in [2.75, 3.05) is 0 Å². The predicted molar refractivity (Wildman–Crippen MR) is 54.6 cm³/mol. The summed E-state index contributed by atoms with van der Waals surface area (Å²) in [4.78, 5) is 0. The van der Waals surface area contributed by atoms with Crippen molar-refractivity contribution in [3.8, 4) is 0 Å². The van der Waals surface area contributed by atoms with Crippen LogP contribution in [-0.4, -0.2) is 0 Å². The molecule has 0 aliphatic carbocycles. The highest BCUT2D eigenvalue weighted by atomic mass is 13.7. The third kappa shape index (κ3) is 27.7. The van der Waals surface area contributed by atoms with Crippen LogP contribution in [0.3, 0.4) is 0 Å². The first-order valence-corrected chi connectivity index (χ1v) is 3.74. The van der Waals surface area contributed by atoms with E-state index in [-0.39, 0.29) is 0 Å². The lowest BCUT2D eigenvalue weighted by molar-refractivity contribution is 1.22. The van der Waals surface area contributed by atoms with Gasteiger partial charge in [-0.2, -0.15) is 0 Å². The second-order valence-corrected chi connectivity index (χ2v) is 2.12. The molecule has 0 N–H and O–H groups in total. The Morgan fingerprint density at radius 1 is 1.36 bits per heavy atom. The van der Waals surface area contributed by atoms with Crippen molar-refractivity contribution in [3.05, 3.63) is 49.6 Å². The minimum Gasteiger partial charge on any atom is -0.0991 e. The number of allylic oxidation sites excluding steroid dienone is 5. The molecule has 0 saturated heterocycles. The van der Waals surface area contributed by atoms with Crippen LogP contribution >= 0.6 is 0 Å². The second kappa shape index (κ2) is 11.7. The zero-order valence-electron chi connectivity index (χ0n) is 7.64. The first kappa shape index (κ1) is 12.6.